The van der Waals surface area contributed by atoms with E-state index in [4.69, 9.17) is 11.6 Å². The lowest BCUT2D eigenvalue weighted by Gasteiger charge is -2.35. The molecule has 0 spiro atoms. The van der Waals surface area contributed by atoms with Crippen LogP contribution in [0.3, 0.4) is 0 Å². The zero-order valence-electron chi connectivity index (χ0n) is 10.7. The Bertz CT molecular complexity index is 407. The first-order valence-electron chi connectivity index (χ1n) is 6.76. The Labute approximate surface area is 128 Å². The highest BCUT2D eigenvalue weighted by molar-refractivity contribution is 14.1. The van der Waals surface area contributed by atoms with Crippen molar-refractivity contribution in [2.24, 2.45) is 11.8 Å². The van der Waals surface area contributed by atoms with E-state index in [0.717, 1.165) is 15.6 Å². The number of hydrogen-bond acceptors (Lipinski definition) is 1. The number of aliphatic hydroxyl groups excluding tert-OH is 1. The molecule has 1 aromatic rings. The van der Waals surface area contributed by atoms with Crippen molar-refractivity contribution < 1.29 is 5.11 Å². The molecule has 18 heavy (non-hydrogen) atoms. The van der Waals surface area contributed by atoms with Crippen LogP contribution in [0, 0.1) is 15.4 Å². The van der Waals surface area contributed by atoms with Crippen LogP contribution in [0.25, 0.3) is 0 Å². The van der Waals surface area contributed by atoms with Crippen LogP contribution in [0.15, 0.2) is 18.2 Å². The quantitative estimate of drug-likeness (QED) is 0.717. The molecular weight excluding hydrogens is 359 g/mol. The normalized spacial score (nSPS) is 26.0. The first-order chi connectivity index (χ1) is 8.63. The maximum Gasteiger partial charge on any atom is 0.0831 e. The average molecular weight is 379 g/mol. The predicted molar refractivity (Wildman–Crippen MR) is 84.9 cm³/mol. The second-order valence-corrected chi connectivity index (χ2v) is 6.83. The summed E-state index contributed by atoms with van der Waals surface area (Å²) in [6.07, 6.45) is 5.76. The fourth-order valence-corrected chi connectivity index (χ4v) is 3.97. The first-order valence-corrected chi connectivity index (χ1v) is 8.22. The van der Waals surface area contributed by atoms with Gasteiger partial charge in [0.2, 0.25) is 0 Å². The molecule has 0 amide bonds. The third kappa shape index (κ3) is 3.20. The van der Waals surface area contributed by atoms with Gasteiger partial charge in [0.1, 0.15) is 0 Å². The number of rotatable bonds is 3. The number of aliphatic hydroxyl groups is 1. The summed E-state index contributed by atoms with van der Waals surface area (Å²) in [7, 11) is 0. The molecule has 0 radical (unpaired) electrons. The molecule has 3 unspecified atom stereocenters. The lowest BCUT2D eigenvalue weighted by atomic mass is 9.73. The van der Waals surface area contributed by atoms with Crippen molar-refractivity contribution in [3.05, 3.63) is 32.4 Å². The molecule has 0 saturated heterocycles. The second kappa shape index (κ2) is 6.58. The van der Waals surface area contributed by atoms with E-state index < -0.39 is 0 Å². The Hall–Kier alpha value is 0.200. The minimum absolute atomic E-state index is 0.360. The molecule has 1 fully saturated rings. The molecule has 1 N–H and O–H groups in total. The fraction of sp³-hybridized carbons (Fsp3) is 0.600. The molecule has 0 aromatic heterocycles. The van der Waals surface area contributed by atoms with Gasteiger partial charge in [-0.2, -0.15) is 0 Å². The van der Waals surface area contributed by atoms with E-state index in [1.165, 1.54) is 25.7 Å². The molecule has 0 heterocycles. The third-order valence-electron chi connectivity index (χ3n) is 4.17. The molecule has 0 aliphatic heterocycles. The standard InChI is InChI=1S/C15H20ClIO/c1-2-10-5-3-4-6-12(10)15(18)13-9-11(16)7-8-14(13)17/h7-10,12,15,18H,2-6H2,1H3. The highest BCUT2D eigenvalue weighted by Gasteiger charge is 2.31. The maximum atomic E-state index is 10.7. The van der Waals surface area contributed by atoms with Crippen LogP contribution < -0.4 is 0 Å². The van der Waals surface area contributed by atoms with Gasteiger partial charge in [-0.05, 0) is 64.6 Å². The predicted octanol–water partition coefficient (Wildman–Crippen LogP) is 5.19. The molecule has 1 nitrogen and oxygen atoms in total. The van der Waals surface area contributed by atoms with Crippen LogP contribution in [0.5, 0.6) is 0 Å². The van der Waals surface area contributed by atoms with Crippen LogP contribution in [0.2, 0.25) is 5.02 Å². The average Bonchev–Trinajstić information content (AvgIpc) is 2.40. The summed E-state index contributed by atoms with van der Waals surface area (Å²) in [5, 5.41) is 11.4. The van der Waals surface area contributed by atoms with Crippen molar-refractivity contribution in [3.63, 3.8) is 0 Å². The molecule has 1 saturated carbocycles. The van der Waals surface area contributed by atoms with E-state index in [9.17, 15) is 5.11 Å². The van der Waals surface area contributed by atoms with Gasteiger partial charge < -0.3 is 5.11 Å². The lowest BCUT2D eigenvalue weighted by molar-refractivity contribution is 0.0446. The smallest absolute Gasteiger partial charge is 0.0831 e. The Kier molecular flexibility index (Phi) is 5.34. The van der Waals surface area contributed by atoms with Gasteiger partial charge in [0.15, 0.2) is 0 Å². The number of hydrogen-bond donors (Lipinski definition) is 1. The molecule has 3 atom stereocenters. The third-order valence-corrected chi connectivity index (χ3v) is 5.39. The maximum absolute atomic E-state index is 10.7. The summed E-state index contributed by atoms with van der Waals surface area (Å²) in [4.78, 5) is 0. The van der Waals surface area contributed by atoms with Crippen LogP contribution in [0.4, 0.5) is 0 Å². The molecule has 1 aromatic carbocycles. The van der Waals surface area contributed by atoms with Crippen LogP contribution in [-0.2, 0) is 0 Å². The Morgan fingerprint density at radius 1 is 1.39 bits per heavy atom. The molecule has 1 aliphatic carbocycles. The van der Waals surface area contributed by atoms with Gasteiger partial charge in [0.05, 0.1) is 6.10 Å². The van der Waals surface area contributed by atoms with Gasteiger partial charge in [0, 0.05) is 8.59 Å². The Morgan fingerprint density at radius 2 is 2.11 bits per heavy atom. The van der Waals surface area contributed by atoms with Crippen molar-refractivity contribution >= 4 is 34.2 Å². The molecule has 100 valence electrons. The largest absolute Gasteiger partial charge is 0.388 e. The van der Waals surface area contributed by atoms with Crippen molar-refractivity contribution in [3.8, 4) is 0 Å². The van der Waals surface area contributed by atoms with Crippen LogP contribution in [-0.4, -0.2) is 5.11 Å². The van der Waals surface area contributed by atoms with Crippen molar-refractivity contribution in [1.82, 2.24) is 0 Å². The fourth-order valence-electron chi connectivity index (χ4n) is 3.13. The molecule has 3 heteroatoms. The highest BCUT2D eigenvalue weighted by atomic mass is 127. The zero-order chi connectivity index (χ0) is 13.1. The van der Waals surface area contributed by atoms with Gasteiger partial charge >= 0.3 is 0 Å². The monoisotopic (exact) mass is 378 g/mol. The Morgan fingerprint density at radius 3 is 2.83 bits per heavy atom. The highest BCUT2D eigenvalue weighted by Crippen LogP contribution is 2.41. The van der Waals surface area contributed by atoms with E-state index in [2.05, 4.69) is 29.5 Å². The molecule has 1 aliphatic rings. The van der Waals surface area contributed by atoms with Gasteiger partial charge in [-0.15, -0.1) is 0 Å². The van der Waals surface area contributed by atoms with Crippen molar-refractivity contribution in [1.29, 1.82) is 0 Å². The summed E-state index contributed by atoms with van der Waals surface area (Å²) in [6, 6.07) is 5.80. The van der Waals surface area contributed by atoms with E-state index in [-0.39, 0.29) is 6.10 Å². The minimum Gasteiger partial charge on any atom is -0.388 e. The second-order valence-electron chi connectivity index (χ2n) is 5.23. The van der Waals surface area contributed by atoms with E-state index in [1.807, 2.05) is 18.2 Å². The SMILES string of the molecule is CCC1CCCCC1C(O)c1cc(Cl)ccc1I. The molecular formula is C15H20ClIO. The summed E-state index contributed by atoms with van der Waals surface area (Å²) < 4.78 is 1.12. The number of halogens is 2. The first kappa shape index (κ1) is 14.6. The topological polar surface area (TPSA) is 20.2 Å². The van der Waals surface area contributed by atoms with E-state index >= 15 is 0 Å². The van der Waals surface area contributed by atoms with Gasteiger partial charge in [-0.25, -0.2) is 0 Å². The van der Waals surface area contributed by atoms with Gasteiger partial charge in [-0.1, -0.05) is 44.2 Å². The summed E-state index contributed by atoms with van der Waals surface area (Å²) >= 11 is 8.34. The summed E-state index contributed by atoms with van der Waals surface area (Å²) in [5.74, 6) is 1.05. The summed E-state index contributed by atoms with van der Waals surface area (Å²) in [6.45, 7) is 2.23. The van der Waals surface area contributed by atoms with Crippen molar-refractivity contribution in [2.45, 2.75) is 45.1 Å². The van der Waals surface area contributed by atoms with Gasteiger partial charge in [-0.3, -0.25) is 0 Å². The Balaban J connectivity index is 2.23. The van der Waals surface area contributed by atoms with Gasteiger partial charge in [0.25, 0.3) is 0 Å². The van der Waals surface area contributed by atoms with Crippen molar-refractivity contribution in [2.75, 3.05) is 0 Å². The minimum atomic E-state index is -0.360. The van der Waals surface area contributed by atoms with Crippen LogP contribution in [0.1, 0.15) is 50.7 Å². The zero-order valence-corrected chi connectivity index (χ0v) is 13.6. The number of benzene rings is 1. The molecule has 2 rings (SSSR count). The lowest BCUT2D eigenvalue weighted by Crippen LogP contribution is -2.25. The van der Waals surface area contributed by atoms with E-state index in [0.29, 0.717) is 16.9 Å². The molecule has 0 bridgehead atoms. The summed E-state index contributed by atoms with van der Waals surface area (Å²) in [5.41, 5.74) is 1.01. The van der Waals surface area contributed by atoms with Crippen LogP contribution >= 0.6 is 34.2 Å². The van der Waals surface area contributed by atoms with E-state index in [1.54, 1.807) is 0 Å².